The fourth-order valence-corrected chi connectivity index (χ4v) is 3.88. The van der Waals surface area contributed by atoms with E-state index in [1.807, 2.05) is 61.5 Å². The van der Waals surface area contributed by atoms with Gasteiger partial charge in [-0.15, -0.1) is 0 Å². The first kappa shape index (κ1) is 18.3. The maximum atomic E-state index is 13.3. The fraction of sp³-hybridized carbons (Fsp3) is 0.0400. The van der Waals surface area contributed by atoms with Crippen molar-refractivity contribution >= 4 is 22.1 Å². The molecular formula is C25H17N5O2. The molecule has 5 aromatic heterocycles. The molecule has 6 rings (SSSR count). The quantitative estimate of drug-likeness (QED) is 0.416. The van der Waals surface area contributed by atoms with Crippen molar-refractivity contribution in [3.63, 3.8) is 0 Å². The van der Waals surface area contributed by atoms with Crippen molar-refractivity contribution in [2.45, 2.75) is 6.92 Å². The van der Waals surface area contributed by atoms with Gasteiger partial charge in [-0.3, -0.25) is 9.78 Å². The second kappa shape index (κ2) is 7.02. The molecule has 0 saturated heterocycles. The van der Waals surface area contributed by atoms with Gasteiger partial charge in [0, 0.05) is 29.5 Å². The Morgan fingerprint density at radius 2 is 1.88 bits per heavy atom. The summed E-state index contributed by atoms with van der Waals surface area (Å²) < 4.78 is 5.87. The molecule has 0 radical (unpaired) electrons. The average Bonchev–Trinajstić information content (AvgIpc) is 3.50. The average molecular weight is 419 g/mol. The van der Waals surface area contributed by atoms with E-state index in [2.05, 4.69) is 15.0 Å². The highest BCUT2D eigenvalue weighted by Crippen LogP contribution is 2.32. The SMILES string of the molecule is Cc1ccc(-c2nc3[nH]cc(-c4ccc[nH]4)c(=O)c3nc2-c2ccc3ncccc3c2)o1. The zero-order valence-corrected chi connectivity index (χ0v) is 17.1. The Morgan fingerprint density at radius 1 is 0.938 bits per heavy atom. The van der Waals surface area contributed by atoms with E-state index in [0.717, 1.165) is 27.9 Å². The highest BCUT2D eigenvalue weighted by molar-refractivity contribution is 5.89. The van der Waals surface area contributed by atoms with Crippen molar-refractivity contribution in [1.29, 1.82) is 0 Å². The molecule has 6 aromatic rings. The Labute approximate surface area is 181 Å². The van der Waals surface area contributed by atoms with Gasteiger partial charge in [0.05, 0.1) is 16.8 Å². The Balaban J connectivity index is 1.66. The molecule has 0 aliphatic carbocycles. The van der Waals surface area contributed by atoms with Crippen LogP contribution in [-0.2, 0) is 0 Å². The zero-order chi connectivity index (χ0) is 21.7. The van der Waals surface area contributed by atoms with Crippen molar-refractivity contribution in [3.05, 3.63) is 89.2 Å². The van der Waals surface area contributed by atoms with Crippen LogP contribution in [-0.4, -0.2) is 24.9 Å². The molecule has 5 heterocycles. The number of hydrogen-bond acceptors (Lipinski definition) is 5. The second-order valence-electron chi connectivity index (χ2n) is 7.55. The number of aryl methyl sites for hydroxylation is 1. The first-order chi connectivity index (χ1) is 15.7. The number of hydrogen-bond donors (Lipinski definition) is 2. The van der Waals surface area contributed by atoms with Crippen molar-refractivity contribution in [3.8, 4) is 34.0 Å². The molecule has 32 heavy (non-hydrogen) atoms. The molecule has 0 amide bonds. The lowest BCUT2D eigenvalue weighted by atomic mass is 10.0. The van der Waals surface area contributed by atoms with Crippen LogP contribution in [0.4, 0.5) is 0 Å². The minimum Gasteiger partial charge on any atom is -0.460 e. The second-order valence-corrected chi connectivity index (χ2v) is 7.55. The smallest absolute Gasteiger partial charge is 0.218 e. The first-order valence-electron chi connectivity index (χ1n) is 10.2. The van der Waals surface area contributed by atoms with Crippen LogP contribution in [0.2, 0.25) is 0 Å². The first-order valence-corrected chi connectivity index (χ1v) is 10.2. The third kappa shape index (κ3) is 2.91. The van der Waals surface area contributed by atoms with Gasteiger partial charge in [-0.2, -0.15) is 0 Å². The molecule has 0 spiro atoms. The lowest BCUT2D eigenvalue weighted by Gasteiger charge is -2.10. The van der Waals surface area contributed by atoms with Crippen molar-refractivity contribution in [2.75, 3.05) is 0 Å². The number of furan rings is 1. The maximum absolute atomic E-state index is 13.3. The summed E-state index contributed by atoms with van der Waals surface area (Å²) in [5, 5.41) is 0.975. The molecular weight excluding hydrogens is 402 g/mol. The number of pyridine rings is 2. The van der Waals surface area contributed by atoms with Gasteiger partial charge in [-0.25, -0.2) is 9.97 Å². The minimum absolute atomic E-state index is 0.195. The third-order valence-corrected chi connectivity index (χ3v) is 5.45. The Morgan fingerprint density at radius 3 is 2.69 bits per heavy atom. The molecule has 7 heteroatoms. The highest BCUT2D eigenvalue weighted by atomic mass is 16.3. The number of benzene rings is 1. The molecule has 0 aliphatic heterocycles. The van der Waals surface area contributed by atoms with Crippen LogP contribution in [0.25, 0.3) is 56.0 Å². The summed E-state index contributed by atoms with van der Waals surface area (Å²) in [5.74, 6) is 1.36. The summed E-state index contributed by atoms with van der Waals surface area (Å²) in [6, 6.07) is 17.2. The molecule has 0 fully saturated rings. The zero-order valence-electron chi connectivity index (χ0n) is 17.1. The van der Waals surface area contributed by atoms with Crippen LogP contribution in [0.5, 0.6) is 0 Å². The topological polar surface area (TPSA) is 100 Å². The lowest BCUT2D eigenvalue weighted by Crippen LogP contribution is -2.11. The van der Waals surface area contributed by atoms with Crippen LogP contribution in [0.1, 0.15) is 5.76 Å². The standard InChI is InChI=1S/C25H17N5O2/c1-14-6-9-20(32-14)22-21(16-7-8-18-15(12-16)4-2-10-26-18)29-23-24(31)17(13-28-25(23)30-22)19-5-3-11-27-19/h2-13,27H,1H3,(H,28,30,31). The predicted octanol–water partition coefficient (Wildman–Crippen LogP) is 5.10. The number of nitrogens with zero attached hydrogens (tertiary/aromatic N) is 3. The van der Waals surface area contributed by atoms with Crippen LogP contribution in [0.3, 0.4) is 0 Å². The normalized spacial score (nSPS) is 11.4. The van der Waals surface area contributed by atoms with E-state index in [9.17, 15) is 4.79 Å². The van der Waals surface area contributed by atoms with Crippen molar-refractivity contribution in [1.82, 2.24) is 24.9 Å². The third-order valence-electron chi connectivity index (χ3n) is 5.45. The van der Waals surface area contributed by atoms with E-state index < -0.39 is 0 Å². The summed E-state index contributed by atoms with van der Waals surface area (Å²) in [6.07, 6.45) is 5.20. The molecule has 0 bridgehead atoms. The Bertz CT molecular complexity index is 1660. The number of aromatic amines is 2. The lowest BCUT2D eigenvalue weighted by molar-refractivity contribution is 0.546. The van der Waals surface area contributed by atoms with Crippen LogP contribution in [0.15, 0.2) is 82.4 Å². The number of rotatable bonds is 3. The van der Waals surface area contributed by atoms with Gasteiger partial charge < -0.3 is 14.4 Å². The van der Waals surface area contributed by atoms with Crippen LogP contribution >= 0.6 is 0 Å². The summed E-state index contributed by atoms with van der Waals surface area (Å²) >= 11 is 0. The number of aromatic nitrogens is 5. The van der Waals surface area contributed by atoms with Crippen molar-refractivity contribution < 1.29 is 4.42 Å². The molecule has 1 aromatic carbocycles. The van der Waals surface area contributed by atoms with Gasteiger partial charge in [0.2, 0.25) is 5.43 Å². The summed E-state index contributed by atoms with van der Waals surface area (Å²) in [4.78, 5) is 33.5. The summed E-state index contributed by atoms with van der Waals surface area (Å²) in [5.41, 5.74) is 4.56. The summed E-state index contributed by atoms with van der Waals surface area (Å²) in [6.45, 7) is 1.88. The summed E-state index contributed by atoms with van der Waals surface area (Å²) in [7, 11) is 0. The molecule has 2 N–H and O–H groups in total. The number of nitrogens with one attached hydrogen (secondary N) is 2. The van der Waals surface area contributed by atoms with E-state index in [-0.39, 0.29) is 10.9 Å². The molecule has 0 unspecified atom stereocenters. The largest absolute Gasteiger partial charge is 0.460 e. The van der Waals surface area contributed by atoms with E-state index in [4.69, 9.17) is 14.4 Å². The van der Waals surface area contributed by atoms with E-state index in [1.165, 1.54) is 0 Å². The molecule has 0 aliphatic rings. The van der Waals surface area contributed by atoms with Crippen molar-refractivity contribution in [2.24, 2.45) is 0 Å². The Kier molecular flexibility index (Phi) is 4.01. The van der Waals surface area contributed by atoms with Gasteiger partial charge in [-0.1, -0.05) is 12.1 Å². The van der Waals surface area contributed by atoms with Crippen LogP contribution < -0.4 is 5.43 Å². The van der Waals surface area contributed by atoms with Gasteiger partial charge in [-0.05, 0) is 49.4 Å². The van der Waals surface area contributed by atoms with Gasteiger partial charge in [0.25, 0.3) is 0 Å². The molecule has 7 nitrogen and oxygen atoms in total. The Hall–Kier alpha value is -4.52. The molecule has 0 saturated carbocycles. The van der Waals surface area contributed by atoms with Gasteiger partial charge in [0.1, 0.15) is 17.1 Å². The fourth-order valence-electron chi connectivity index (χ4n) is 3.88. The van der Waals surface area contributed by atoms with E-state index >= 15 is 0 Å². The molecule has 154 valence electrons. The van der Waals surface area contributed by atoms with Gasteiger partial charge >= 0.3 is 0 Å². The van der Waals surface area contributed by atoms with E-state index in [0.29, 0.717) is 28.4 Å². The van der Waals surface area contributed by atoms with Crippen LogP contribution in [0, 0.1) is 6.92 Å². The number of fused-ring (bicyclic) bond motifs is 2. The predicted molar refractivity (Wildman–Crippen MR) is 123 cm³/mol. The van der Waals surface area contributed by atoms with Gasteiger partial charge in [0.15, 0.2) is 16.9 Å². The maximum Gasteiger partial charge on any atom is 0.218 e. The monoisotopic (exact) mass is 419 g/mol. The number of H-pyrrole nitrogens is 2. The highest BCUT2D eigenvalue weighted by Gasteiger charge is 2.19. The van der Waals surface area contributed by atoms with E-state index in [1.54, 1.807) is 18.6 Å². The molecule has 0 atom stereocenters. The minimum atomic E-state index is -0.195.